The summed E-state index contributed by atoms with van der Waals surface area (Å²) in [7, 11) is 0. The van der Waals surface area contributed by atoms with Gasteiger partial charge in [-0.1, -0.05) is 60.7 Å². The van der Waals surface area contributed by atoms with Gasteiger partial charge in [-0.2, -0.15) is 0 Å². The largest absolute Gasteiger partial charge is 0.350 e. The van der Waals surface area contributed by atoms with Crippen LogP contribution < -0.4 is 5.32 Å². The molecular weight excluding hydrogens is 408 g/mol. The third-order valence-corrected chi connectivity index (χ3v) is 8.22. The first kappa shape index (κ1) is 21.9. The van der Waals surface area contributed by atoms with Crippen molar-refractivity contribution in [3.63, 3.8) is 0 Å². The molecule has 2 saturated heterocycles. The first-order chi connectivity index (χ1) is 16.2. The normalized spacial score (nSPS) is 29.4. The molecule has 1 spiro atoms. The van der Waals surface area contributed by atoms with E-state index in [1.54, 1.807) is 6.08 Å². The molecule has 3 fully saturated rings. The molecule has 172 valence electrons. The Morgan fingerprint density at radius 1 is 1.00 bits per heavy atom. The summed E-state index contributed by atoms with van der Waals surface area (Å²) in [5.74, 6) is 1.10. The Hall–Kier alpha value is -2.88. The summed E-state index contributed by atoms with van der Waals surface area (Å²) in [6.45, 7) is 0.907. The highest BCUT2D eigenvalue weighted by Crippen LogP contribution is 2.52. The Balaban J connectivity index is 1.40. The molecule has 2 aromatic carbocycles. The average Bonchev–Trinajstić information content (AvgIpc) is 3.21. The zero-order chi connectivity index (χ0) is 22.7. The molecule has 4 atom stereocenters. The highest BCUT2D eigenvalue weighted by atomic mass is 16.2. The second-order valence-corrected chi connectivity index (χ2v) is 10.0. The van der Waals surface area contributed by atoms with Crippen LogP contribution in [-0.4, -0.2) is 34.8 Å². The topological polar surface area (TPSA) is 49.4 Å². The Bertz CT molecular complexity index is 1000. The minimum Gasteiger partial charge on any atom is -0.350 e. The monoisotopic (exact) mass is 442 g/mol. The molecule has 0 bridgehead atoms. The summed E-state index contributed by atoms with van der Waals surface area (Å²) in [4.78, 5) is 28.1. The minimum atomic E-state index is -0.0224. The summed E-state index contributed by atoms with van der Waals surface area (Å²) in [5.41, 5.74) is 2.34. The van der Waals surface area contributed by atoms with E-state index < -0.39 is 0 Å². The zero-order valence-corrected chi connectivity index (χ0v) is 19.3. The number of hydrogen-bond donors (Lipinski definition) is 1. The van der Waals surface area contributed by atoms with Gasteiger partial charge in [0.2, 0.25) is 11.8 Å². The van der Waals surface area contributed by atoms with Crippen LogP contribution in [0, 0.1) is 11.8 Å². The van der Waals surface area contributed by atoms with Crippen molar-refractivity contribution in [3.8, 4) is 0 Å². The van der Waals surface area contributed by atoms with Crippen LogP contribution in [0.4, 0.5) is 0 Å². The van der Waals surface area contributed by atoms with Gasteiger partial charge in [0.1, 0.15) is 0 Å². The summed E-state index contributed by atoms with van der Waals surface area (Å²) >= 11 is 0. The van der Waals surface area contributed by atoms with Crippen molar-refractivity contribution in [3.05, 3.63) is 77.9 Å². The molecule has 2 amide bonds. The van der Waals surface area contributed by atoms with Crippen LogP contribution in [0.1, 0.15) is 56.1 Å². The number of carbonyl (C=O) groups excluding carboxylic acids is 2. The quantitative estimate of drug-likeness (QED) is 0.663. The Morgan fingerprint density at radius 2 is 1.76 bits per heavy atom. The highest BCUT2D eigenvalue weighted by Gasteiger charge is 2.56. The third kappa shape index (κ3) is 4.48. The molecule has 3 aliphatic rings. The van der Waals surface area contributed by atoms with E-state index in [0.29, 0.717) is 24.2 Å². The van der Waals surface area contributed by atoms with Crippen LogP contribution in [0.15, 0.2) is 66.7 Å². The van der Waals surface area contributed by atoms with E-state index in [2.05, 4.69) is 40.5 Å². The molecule has 1 saturated carbocycles. The smallest absolute Gasteiger partial charge is 0.244 e. The number of carbonyl (C=O) groups is 2. The second-order valence-electron chi connectivity index (χ2n) is 10.0. The molecule has 4 nitrogen and oxygen atoms in total. The fourth-order valence-corrected chi connectivity index (χ4v) is 6.81. The van der Waals surface area contributed by atoms with Crippen LogP contribution >= 0.6 is 0 Å². The van der Waals surface area contributed by atoms with Crippen LogP contribution in [-0.2, 0) is 16.0 Å². The van der Waals surface area contributed by atoms with Gasteiger partial charge in [0.25, 0.3) is 0 Å². The predicted octanol–water partition coefficient (Wildman–Crippen LogP) is 5.00. The second kappa shape index (κ2) is 9.54. The van der Waals surface area contributed by atoms with Gasteiger partial charge in [0.05, 0.1) is 0 Å². The summed E-state index contributed by atoms with van der Waals surface area (Å²) < 4.78 is 0. The van der Waals surface area contributed by atoms with E-state index in [4.69, 9.17) is 0 Å². The first-order valence-corrected chi connectivity index (χ1v) is 12.5. The van der Waals surface area contributed by atoms with Crippen LogP contribution in [0.3, 0.4) is 0 Å². The molecule has 0 unspecified atom stereocenters. The molecule has 0 radical (unpaired) electrons. The number of benzene rings is 2. The van der Waals surface area contributed by atoms with E-state index in [0.717, 1.165) is 57.1 Å². The van der Waals surface area contributed by atoms with Gasteiger partial charge in [-0.3, -0.25) is 9.59 Å². The first-order valence-electron chi connectivity index (χ1n) is 12.5. The van der Waals surface area contributed by atoms with Crippen molar-refractivity contribution in [2.24, 2.45) is 11.8 Å². The summed E-state index contributed by atoms with van der Waals surface area (Å²) in [6.07, 6.45) is 11.4. The van der Waals surface area contributed by atoms with Crippen molar-refractivity contribution >= 4 is 17.9 Å². The molecular formula is C29H34N2O2. The fourth-order valence-electron chi connectivity index (χ4n) is 6.81. The third-order valence-electron chi connectivity index (χ3n) is 8.22. The van der Waals surface area contributed by atoms with Gasteiger partial charge in [0, 0.05) is 30.6 Å². The Kier molecular flexibility index (Phi) is 6.34. The molecule has 1 N–H and O–H groups in total. The Morgan fingerprint density at radius 3 is 2.55 bits per heavy atom. The van der Waals surface area contributed by atoms with E-state index in [1.807, 2.05) is 36.4 Å². The number of rotatable bonds is 5. The van der Waals surface area contributed by atoms with E-state index >= 15 is 0 Å². The molecule has 1 aliphatic carbocycles. The number of nitrogens with one attached hydrogen (secondary N) is 1. The maximum absolute atomic E-state index is 12.9. The van der Waals surface area contributed by atoms with Gasteiger partial charge < -0.3 is 10.2 Å². The Labute approximate surface area is 197 Å². The van der Waals surface area contributed by atoms with Crippen LogP contribution in [0.25, 0.3) is 6.08 Å². The molecule has 2 heterocycles. The minimum absolute atomic E-state index is 0.00582. The maximum atomic E-state index is 12.9. The van der Waals surface area contributed by atoms with Crippen LogP contribution in [0.5, 0.6) is 0 Å². The number of nitrogens with zero attached hydrogens (tertiary/aromatic N) is 1. The molecule has 2 aliphatic heterocycles. The van der Waals surface area contributed by atoms with Crippen molar-refractivity contribution in [2.75, 3.05) is 6.54 Å². The van der Waals surface area contributed by atoms with Gasteiger partial charge in [-0.25, -0.2) is 0 Å². The highest BCUT2D eigenvalue weighted by molar-refractivity contribution is 5.92. The SMILES string of the molecule is O=C(/C=C/c1ccccc1)N[C@H]1CC[C@@]23CCCN2C(=O)CCC[C@H]3[C@H]1Cc1ccccc1. The van der Waals surface area contributed by atoms with E-state index in [-0.39, 0.29) is 17.5 Å². The standard InChI is InChI=1S/C29H34N2O2/c32-27(16-15-22-9-3-1-4-10-22)30-26-17-19-29-18-8-20-31(29)28(33)14-7-13-25(29)24(26)21-23-11-5-2-6-12-23/h1-6,9-12,15-16,24-26H,7-8,13-14,17-21H2,(H,30,32)/b16-15+/t24-,25+,26+,29-/m1/s1. The predicted molar refractivity (Wildman–Crippen MR) is 131 cm³/mol. The lowest BCUT2D eigenvalue weighted by atomic mass is 9.61. The van der Waals surface area contributed by atoms with E-state index in [1.165, 1.54) is 5.56 Å². The van der Waals surface area contributed by atoms with E-state index in [9.17, 15) is 9.59 Å². The van der Waals surface area contributed by atoms with Crippen molar-refractivity contribution in [1.82, 2.24) is 10.2 Å². The van der Waals surface area contributed by atoms with Gasteiger partial charge in [0.15, 0.2) is 0 Å². The molecule has 33 heavy (non-hydrogen) atoms. The lowest BCUT2D eigenvalue weighted by Gasteiger charge is -2.53. The summed E-state index contributed by atoms with van der Waals surface area (Å²) in [5, 5.41) is 3.37. The van der Waals surface area contributed by atoms with Gasteiger partial charge in [-0.05, 0) is 74.0 Å². The van der Waals surface area contributed by atoms with Crippen molar-refractivity contribution in [1.29, 1.82) is 0 Å². The maximum Gasteiger partial charge on any atom is 0.244 e. The number of amides is 2. The molecule has 0 aromatic heterocycles. The average molecular weight is 443 g/mol. The molecule has 4 heteroatoms. The lowest BCUT2D eigenvalue weighted by molar-refractivity contribution is -0.139. The van der Waals surface area contributed by atoms with Gasteiger partial charge >= 0.3 is 0 Å². The number of hydrogen-bond acceptors (Lipinski definition) is 2. The molecule has 5 rings (SSSR count). The van der Waals surface area contributed by atoms with Crippen molar-refractivity contribution in [2.45, 2.75) is 62.9 Å². The lowest BCUT2D eigenvalue weighted by Crippen LogP contribution is -2.60. The summed E-state index contributed by atoms with van der Waals surface area (Å²) in [6, 6.07) is 20.7. The van der Waals surface area contributed by atoms with Crippen LogP contribution in [0.2, 0.25) is 0 Å². The zero-order valence-electron chi connectivity index (χ0n) is 19.3. The fraction of sp³-hybridized carbons (Fsp3) is 0.448. The molecule has 2 aromatic rings. The van der Waals surface area contributed by atoms with Gasteiger partial charge in [-0.15, -0.1) is 0 Å². The van der Waals surface area contributed by atoms with Crippen molar-refractivity contribution < 1.29 is 9.59 Å².